The molecule has 2 aromatic heterocycles. The van der Waals surface area contributed by atoms with Gasteiger partial charge in [-0.1, -0.05) is 0 Å². The molecule has 0 saturated carbocycles. The highest BCUT2D eigenvalue weighted by Crippen LogP contribution is 2.15. The van der Waals surface area contributed by atoms with E-state index >= 15 is 0 Å². The molecule has 3 rings (SSSR count). The molecule has 2 aromatic rings. The maximum atomic E-state index is 12.1. The Morgan fingerprint density at radius 2 is 2.12 bits per heavy atom. The van der Waals surface area contributed by atoms with E-state index < -0.39 is 10.8 Å². The van der Waals surface area contributed by atoms with Crippen LogP contribution in [0.1, 0.15) is 5.82 Å². The van der Waals surface area contributed by atoms with Crippen LogP contribution in [0.5, 0.6) is 0 Å². The zero-order chi connectivity index (χ0) is 11.4. The highest BCUT2D eigenvalue weighted by Gasteiger charge is 2.24. The Bertz CT molecular complexity index is 685. The van der Waals surface area contributed by atoms with Crippen LogP contribution in [0.4, 0.5) is 0 Å². The van der Waals surface area contributed by atoms with Gasteiger partial charge in [0.2, 0.25) is 5.16 Å². The number of fused-ring (bicyclic) bond motifs is 2. The summed E-state index contributed by atoms with van der Waals surface area (Å²) in [4.78, 5) is 20.5. The van der Waals surface area contributed by atoms with Gasteiger partial charge in [-0.3, -0.25) is 13.6 Å². The molecule has 0 aromatic carbocycles. The first-order valence-electron chi connectivity index (χ1n) is 4.92. The van der Waals surface area contributed by atoms with Gasteiger partial charge in [-0.05, 0) is 6.92 Å². The quantitative estimate of drug-likeness (QED) is 0.583. The first-order chi connectivity index (χ1) is 7.59. The first kappa shape index (κ1) is 9.71. The maximum absolute atomic E-state index is 12.1. The molecule has 1 atom stereocenters. The SMILES string of the molecule is Cc1nc2nc3n(c(=O)c2n1C)CCS3=O. The lowest BCUT2D eigenvalue weighted by atomic mass is 10.5. The Labute approximate surface area is 93.4 Å². The van der Waals surface area contributed by atoms with Crippen molar-refractivity contribution in [3.63, 3.8) is 0 Å². The van der Waals surface area contributed by atoms with Crippen LogP contribution < -0.4 is 5.56 Å². The summed E-state index contributed by atoms with van der Waals surface area (Å²) in [6.45, 7) is 2.29. The minimum absolute atomic E-state index is 0.144. The lowest BCUT2D eigenvalue weighted by molar-refractivity contribution is 0.654. The van der Waals surface area contributed by atoms with Crippen LogP contribution in [0.3, 0.4) is 0 Å². The molecule has 0 saturated heterocycles. The van der Waals surface area contributed by atoms with E-state index in [1.807, 2.05) is 6.92 Å². The van der Waals surface area contributed by atoms with E-state index in [9.17, 15) is 9.00 Å². The van der Waals surface area contributed by atoms with Crippen LogP contribution in [-0.2, 0) is 24.4 Å². The molecule has 6 nitrogen and oxygen atoms in total. The van der Waals surface area contributed by atoms with Crippen molar-refractivity contribution in [2.45, 2.75) is 18.6 Å². The van der Waals surface area contributed by atoms with Crippen molar-refractivity contribution in [1.29, 1.82) is 0 Å². The largest absolute Gasteiger partial charge is 0.325 e. The maximum Gasteiger partial charge on any atom is 0.280 e. The van der Waals surface area contributed by atoms with Crippen molar-refractivity contribution in [1.82, 2.24) is 19.1 Å². The first-order valence-corrected chi connectivity index (χ1v) is 6.23. The summed E-state index contributed by atoms with van der Waals surface area (Å²) in [6.07, 6.45) is 0. The molecule has 0 radical (unpaired) electrons. The second kappa shape index (κ2) is 3.00. The van der Waals surface area contributed by atoms with Gasteiger partial charge in [0.05, 0.1) is 10.8 Å². The van der Waals surface area contributed by atoms with E-state index in [-0.39, 0.29) is 5.56 Å². The summed E-state index contributed by atoms with van der Waals surface area (Å²) in [6, 6.07) is 0. The number of hydrogen-bond donors (Lipinski definition) is 0. The van der Waals surface area contributed by atoms with Crippen LogP contribution in [0.25, 0.3) is 11.2 Å². The Hall–Kier alpha value is -1.50. The predicted molar refractivity (Wildman–Crippen MR) is 58.8 cm³/mol. The zero-order valence-electron chi connectivity index (χ0n) is 8.93. The third kappa shape index (κ3) is 1.06. The second-order valence-electron chi connectivity index (χ2n) is 3.79. The van der Waals surface area contributed by atoms with E-state index in [1.165, 1.54) is 4.57 Å². The Morgan fingerprint density at radius 1 is 1.38 bits per heavy atom. The average Bonchev–Trinajstić information content (AvgIpc) is 2.72. The Kier molecular flexibility index (Phi) is 1.82. The lowest BCUT2D eigenvalue weighted by Crippen LogP contribution is -2.22. The van der Waals surface area contributed by atoms with Crippen molar-refractivity contribution < 1.29 is 4.21 Å². The lowest BCUT2D eigenvalue weighted by Gasteiger charge is -2.01. The van der Waals surface area contributed by atoms with Crippen LogP contribution in [0.2, 0.25) is 0 Å². The molecule has 0 N–H and O–H groups in total. The van der Waals surface area contributed by atoms with Crippen molar-refractivity contribution in [2.75, 3.05) is 5.75 Å². The summed E-state index contributed by atoms with van der Waals surface area (Å²) in [7, 11) is 0.625. The normalized spacial score (nSPS) is 19.2. The summed E-state index contributed by atoms with van der Waals surface area (Å²) in [5.74, 6) is 1.20. The molecule has 84 valence electrons. The van der Waals surface area contributed by atoms with Gasteiger partial charge in [-0.2, -0.15) is 4.98 Å². The van der Waals surface area contributed by atoms with Gasteiger partial charge in [0.25, 0.3) is 5.56 Å². The van der Waals surface area contributed by atoms with Crippen molar-refractivity contribution in [3.05, 3.63) is 16.2 Å². The molecule has 0 amide bonds. The summed E-state index contributed by atoms with van der Waals surface area (Å²) in [5.41, 5.74) is 0.737. The molecule has 3 heterocycles. The predicted octanol–water partition coefficient (Wildman–Crippen LogP) is -0.440. The zero-order valence-corrected chi connectivity index (χ0v) is 9.74. The Balaban J connectivity index is 2.53. The van der Waals surface area contributed by atoms with E-state index in [0.29, 0.717) is 28.6 Å². The second-order valence-corrected chi connectivity index (χ2v) is 5.26. The van der Waals surface area contributed by atoms with E-state index in [1.54, 1.807) is 11.6 Å². The van der Waals surface area contributed by atoms with Crippen molar-refractivity contribution >= 4 is 22.0 Å². The highest BCUT2D eigenvalue weighted by molar-refractivity contribution is 7.85. The standard InChI is InChI=1S/C9H10N4O2S/c1-5-10-7-6(12(5)2)8(14)13-3-4-16(15)9(13)11-7/h3-4H2,1-2H3. The van der Waals surface area contributed by atoms with Crippen molar-refractivity contribution in [3.8, 4) is 0 Å². The number of hydrogen-bond acceptors (Lipinski definition) is 4. The highest BCUT2D eigenvalue weighted by atomic mass is 32.2. The van der Waals surface area contributed by atoms with Crippen LogP contribution in [-0.4, -0.2) is 29.1 Å². The average molecular weight is 238 g/mol. The third-order valence-corrected chi connectivity index (χ3v) is 4.16. The van der Waals surface area contributed by atoms with Gasteiger partial charge in [-0.15, -0.1) is 0 Å². The van der Waals surface area contributed by atoms with Gasteiger partial charge in [0.1, 0.15) is 5.82 Å². The minimum atomic E-state index is -1.16. The molecule has 1 aliphatic heterocycles. The van der Waals surface area contributed by atoms with E-state index in [2.05, 4.69) is 9.97 Å². The number of nitrogens with zero attached hydrogens (tertiary/aromatic N) is 4. The number of aryl methyl sites for hydroxylation is 2. The molecule has 16 heavy (non-hydrogen) atoms. The molecule has 0 bridgehead atoms. The van der Waals surface area contributed by atoms with Crippen LogP contribution in [0, 0.1) is 6.92 Å². The van der Waals surface area contributed by atoms with E-state index in [0.717, 1.165) is 5.82 Å². The fourth-order valence-electron chi connectivity index (χ4n) is 1.91. The van der Waals surface area contributed by atoms with Crippen molar-refractivity contribution in [2.24, 2.45) is 7.05 Å². The Morgan fingerprint density at radius 3 is 2.88 bits per heavy atom. The summed E-state index contributed by atoms with van der Waals surface area (Å²) >= 11 is 0. The van der Waals surface area contributed by atoms with Gasteiger partial charge >= 0.3 is 0 Å². The topological polar surface area (TPSA) is 69.8 Å². The molecule has 1 unspecified atom stereocenters. The molecule has 7 heteroatoms. The number of aromatic nitrogens is 4. The number of rotatable bonds is 0. The van der Waals surface area contributed by atoms with E-state index in [4.69, 9.17) is 0 Å². The monoisotopic (exact) mass is 238 g/mol. The van der Waals surface area contributed by atoms with Gasteiger partial charge in [0, 0.05) is 19.3 Å². The molecule has 1 aliphatic rings. The fraction of sp³-hybridized carbons (Fsp3) is 0.444. The van der Waals surface area contributed by atoms with Gasteiger partial charge in [-0.25, -0.2) is 4.98 Å². The van der Waals surface area contributed by atoms with Gasteiger partial charge < -0.3 is 4.57 Å². The molecule has 0 fully saturated rings. The van der Waals surface area contributed by atoms with Crippen LogP contribution in [0.15, 0.2) is 9.95 Å². The number of imidazole rings is 1. The van der Waals surface area contributed by atoms with Crippen LogP contribution >= 0.6 is 0 Å². The fourth-order valence-corrected chi connectivity index (χ4v) is 3.05. The molecule has 0 spiro atoms. The smallest absolute Gasteiger partial charge is 0.280 e. The summed E-state index contributed by atoms with van der Waals surface area (Å²) < 4.78 is 14.8. The molecular weight excluding hydrogens is 228 g/mol. The molecule has 0 aliphatic carbocycles. The third-order valence-electron chi connectivity index (χ3n) is 2.88. The summed E-state index contributed by atoms with van der Waals surface area (Å²) in [5, 5.41) is 0.357. The minimum Gasteiger partial charge on any atom is -0.325 e. The molecular formula is C9H10N4O2S. The van der Waals surface area contributed by atoms with Gasteiger partial charge in [0.15, 0.2) is 11.2 Å².